The van der Waals surface area contributed by atoms with Crippen LogP contribution < -0.4 is 10.2 Å². The number of nitrogens with zero attached hydrogens (tertiary/aromatic N) is 2. The van der Waals surface area contributed by atoms with Gasteiger partial charge in [-0.25, -0.2) is 0 Å². The molecule has 1 aromatic rings. The van der Waals surface area contributed by atoms with Crippen molar-refractivity contribution in [2.75, 3.05) is 38.3 Å². The number of carbonyl (C=O) groups is 3. The summed E-state index contributed by atoms with van der Waals surface area (Å²) in [6.45, 7) is 5.95. The molecular formula is C22H31N3O4. The van der Waals surface area contributed by atoms with Gasteiger partial charge in [-0.3, -0.25) is 14.4 Å². The molecule has 2 heterocycles. The molecule has 0 bridgehead atoms. The molecule has 3 rings (SSSR count). The SMILES string of the molecule is COC[C@H](C)NC(=O)C1CCN(C(=O)[C@@H]2CC(=O)N(c3ccc(C)cc3)C2)CC1. The Morgan fingerprint density at radius 3 is 2.45 bits per heavy atom. The smallest absolute Gasteiger partial charge is 0.228 e. The van der Waals surface area contributed by atoms with Gasteiger partial charge in [0, 0.05) is 50.8 Å². The Bertz CT molecular complexity index is 741. The third kappa shape index (κ3) is 5.15. The summed E-state index contributed by atoms with van der Waals surface area (Å²) in [7, 11) is 1.61. The van der Waals surface area contributed by atoms with Crippen molar-refractivity contribution in [3.63, 3.8) is 0 Å². The van der Waals surface area contributed by atoms with E-state index in [9.17, 15) is 14.4 Å². The number of methoxy groups -OCH3 is 1. The van der Waals surface area contributed by atoms with Crippen LogP contribution in [0.1, 0.15) is 31.7 Å². The second-order valence-electron chi connectivity index (χ2n) is 8.21. The van der Waals surface area contributed by atoms with Crippen molar-refractivity contribution < 1.29 is 19.1 Å². The number of nitrogens with one attached hydrogen (secondary N) is 1. The molecule has 2 fully saturated rings. The number of anilines is 1. The van der Waals surface area contributed by atoms with Crippen LogP contribution in [0.15, 0.2) is 24.3 Å². The number of hydrogen-bond acceptors (Lipinski definition) is 4. The molecule has 0 aliphatic carbocycles. The van der Waals surface area contributed by atoms with Gasteiger partial charge in [0.15, 0.2) is 0 Å². The number of ether oxygens (including phenoxy) is 1. The highest BCUT2D eigenvalue weighted by molar-refractivity contribution is 6.00. The lowest BCUT2D eigenvalue weighted by molar-refractivity contribution is -0.139. The zero-order valence-corrected chi connectivity index (χ0v) is 17.5. The van der Waals surface area contributed by atoms with Gasteiger partial charge in [-0.2, -0.15) is 0 Å². The predicted molar refractivity (Wildman–Crippen MR) is 110 cm³/mol. The summed E-state index contributed by atoms with van der Waals surface area (Å²) in [5.41, 5.74) is 1.98. The molecule has 0 spiro atoms. The third-order valence-electron chi connectivity index (χ3n) is 5.80. The van der Waals surface area contributed by atoms with Crippen LogP contribution in [0.3, 0.4) is 0 Å². The molecule has 7 heteroatoms. The van der Waals surface area contributed by atoms with Crippen molar-refractivity contribution in [1.29, 1.82) is 0 Å². The molecule has 3 amide bonds. The quantitative estimate of drug-likeness (QED) is 0.788. The van der Waals surface area contributed by atoms with E-state index in [2.05, 4.69) is 5.32 Å². The molecule has 1 N–H and O–H groups in total. The second-order valence-corrected chi connectivity index (χ2v) is 8.21. The van der Waals surface area contributed by atoms with Gasteiger partial charge in [0.25, 0.3) is 0 Å². The Labute approximate surface area is 172 Å². The van der Waals surface area contributed by atoms with Gasteiger partial charge in [0.05, 0.1) is 12.5 Å². The average Bonchev–Trinajstić information content (AvgIpc) is 3.10. The fraction of sp³-hybridized carbons (Fsp3) is 0.591. The van der Waals surface area contributed by atoms with E-state index in [0.717, 1.165) is 11.3 Å². The molecule has 29 heavy (non-hydrogen) atoms. The van der Waals surface area contributed by atoms with Crippen LogP contribution in [-0.4, -0.2) is 62.0 Å². The third-order valence-corrected chi connectivity index (χ3v) is 5.80. The van der Waals surface area contributed by atoms with Crippen LogP contribution in [0, 0.1) is 18.8 Å². The van der Waals surface area contributed by atoms with Crippen LogP contribution in [0.25, 0.3) is 0 Å². The fourth-order valence-corrected chi connectivity index (χ4v) is 4.12. The largest absolute Gasteiger partial charge is 0.383 e. The Balaban J connectivity index is 1.51. The average molecular weight is 402 g/mol. The standard InChI is InChI=1S/C22H31N3O4/c1-15-4-6-19(7-5-15)25-13-18(12-20(25)26)22(28)24-10-8-17(9-11-24)21(27)23-16(2)14-29-3/h4-7,16-18H,8-14H2,1-3H3,(H,23,27)/t16-,18+/m0/s1. The summed E-state index contributed by atoms with van der Waals surface area (Å²) in [4.78, 5) is 41.3. The molecule has 7 nitrogen and oxygen atoms in total. The first kappa shape index (κ1) is 21.3. The first-order valence-electron chi connectivity index (χ1n) is 10.3. The van der Waals surface area contributed by atoms with Crippen LogP contribution in [0.5, 0.6) is 0 Å². The first-order chi connectivity index (χ1) is 13.9. The normalized spacial score (nSPS) is 21.3. The minimum absolute atomic E-state index is 0.00593. The number of rotatable bonds is 6. The number of carbonyl (C=O) groups excluding carboxylic acids is 3. The van der Waals surface area contributed by atoms with Crippen molar-refractivity contribution in [1.82, 2.24) is 10.2 Å². The Morgan fingerprint density at radius 1 is 1.17 bits per heavy atom. The van der Waals surface area contributed by atoms with E-state index in [1.54, 1.807) is 12.0 Å². The van der Waals surface area contributed by atoms with Crippen molar-refractivity contribution >= 4 is 23.4 Å². The van der Waals surface area contributed by atoms with Gasteiger partial charge in [0.2, 0.25) is 17.7 Å². The first-order valence-corrected chi connectivity index (χ1v) is 10.3. The number of piperidine rings is 1. The van der Waals surface area contributed by atoms with Crippen LogP contribution in [0.4, 0.5) is 5.69 Å². The van der Waals surface area contributed by atoms with Crippen molar-refractivity contribution in [3.8, 4) is 0 Å². The summed E-state index contributed by atoms with van der Waals surface area (Å²) in [5, 5.41) is 2.96. The maximum atomic E-state index is 12.9. The van der Waals surface area contributed by atoms with Crippen LogP contribution in [-0.2, 0) is 19.1 Å². The Hall–Kier alpha value is -2.41. The van der Waals surface area contributed by atoms with E-state index in [4.69, 9.17) is 4.74 Å². The summed E-state index contributed by atoms with van der Waals surface area (Å²) in [6.07, 6.45) is 1.56. The Kier molecular flexibility index (Phi) is 6.90. The lowest BCUT2D eigenvalue weighted by atomic mass is 9.94. The van der Waals surface area contributed by atoms with E-state index in [-0.39, 0.29) is 42.0 Å². The van der Waals surface area contributed by atoms with Gasteiger partial charge in [-0.05, 0) is 38.8 Å². The summed E-state index contributed by atoms with van der Waals surface area (Å²) < 4.78 is 5.05. The maximum absolute atomic E-state index is 12.9. The van der Waals surface area contributed by atoms with E-state index in [1.165, 1.54) is 0 Å². The molecule has 2 aliphatic rings. The van der Waals surface area contributed by atoms with E-state index in [1.807, 2.05) is 43.0 Å². The van der Waals surface area contributed by atoms with Crippen molar-refractivity contribution in [2.45, 2.75) is 39.2 Å². The van der Waals surface area contributed by atoms with Gasteiger partial charge < -0.3 is 19.9 Å². The monoisotopic (exact) mass is 401 g/mol. The van der Waals surface area contributed by atoms with Gasteiger partial charge >= 0.3 is 0 Å². The van der Waals surface area contributed by atoms with Gasteiger partial charge in [-0.15, -0.1) is 0 Å². The molecule has 2 atom stereocenters. The summed E-state index contributed by atoms with van der Waals surface area (Å²) >= 11 is 0. The zero-order chi connectivity index (χ0) is 21.0. The fourth-order valence-electron chi connectivity index (χ4n) is 4.12. The number of likely N-dealkylation sites (tertiary alicyclic amines) is 1. The van der Waals surface area contributed by atoms with Crippen molar-refractivity contribution in [3.05, 3.63) is 29.8 Å². The summed E-state index contributed by atoms with van der Waals surface area (Å²) in [6, 6.07) is 7.77. The molecule has 0 saturated carbocycles. The molecule has 2 aliphatic heterocycles. The molecule has 0 radical (unpaired) electrons. The second kappa shape index (κ2) is 9.39. The molecule has 1 aromatic carbocycles. The molecule has 158 valence electrons. The van der Waals surface area contributed by atoms with E-state index in [0.29, 0.717) is 39.1 Å². The number of hydrogen-bond donors (Lipinski definition) is 1. The van der Waals surface area contributed by atoms with Crippen LogP contribution in [0.2, 0.25) is 0 Å². The van der Waals surface area contributed by atoms with E-state index >= 15 is 0 Å². The number of benzene rings is 1. The molecule has 2 saturated heterocycles. The topological polar surface area (TPSA) is 79.0 Å². The molecular weight excluding hydrogens is 370 g/mol. The predicted octanol–water partition coefficient (Wildman–Crippen LogP) is 1.74. The lowest BCUT2D eigenvalue weighted by Crippen LogP contribution is -2.47. The highest BCUT2D eigenvalue weighted by Gasteiger charge is 2.38. The lowest BCUT2D eigenvalue weighted by Gasteiger charge is -2.33. The minimum atomic E-state index is -0.309. The highest BCUT2D eigenvalue weighted by atomic mass is 16.5. The molecule has 0 aromatic heterocycles. The van der Waals surface area contributed by atoms with Crippen LogP contribution >= 0.6 is 0 Å². The highest BCUT2D eigenvalue weighted by Crippen LogP contribution is 2.28. The number of amides is 3. The zero-order valence-electron chi connectivity index (χ0n) is 17.5. The Morgan fingerprint density at radius 2 is 1.83 bits per heavy atom. The maximum Gasteiger partial charge on any atom is 0.228 e. The number of aryl methyl sites for hydroxylation is 1. The van der Waals surface area contributed by atoms with E-state index < -0.39 is 0 Å². The van der Waals surface area contributed by atoms with Gasteiger partial charge in [0.1, 0.15) is 0 Å². The molecule has 0 unspecified atom stereocenters. The minimum Gasteiger partial charge on any atom is -0.383 e. The van der Waals surface area contributed by atoms with Gasteiger partial charge in [-0.1, -0.05) is 17.7 Å². The van der Waals surface area contributed by atoms with Crippen molar-refractivity contribution in [2.24, 2.45) is 11.8 Å². The summed E-state index contributed by atoms with van der Waals surface area (Å²) in [5.74, 6) is -0.333.